The van der Waals surface area contributed by atoms with Gasteiger partial charge in [0.1, 0.15) is 12.4 Å². The molecule has 0 aliphatic carbocycles. The molecule has 0 atom stereocenters. The second-order valence-electron chi connectivity index (χ2n) is 5.87. The van der Waals surface area contributed by atoms with Crippen LogP contribution in [-0.2, 0) is 4.79 Å². The maximum Gasteiger partial charge on any atom is 0.246 e. The van der Waals surface area contributed by atoms with Gasteiger partial charge in [-0.15, -0.1) is 0 Å². The van der Waals surface area contributed by atoms with Crippen LogP contribution < -0.4 is 14.2 Å². The van der Waals surface area contributed by atoms with E-state index >= 15 is 0 Å². The molecule has 0 heterocycles. The Morgan fingerprint density at radius 2 is 1.73 bits per heavy atom. The fourth-order valence-electron chi connectivity index (χ4n) is 2.30. The summed E-state index contributed by atoms with van der Waals surface area (Å²) < 4.78 is 16.1. The van der Waals surface area contributed by atoms with Crippen LogP contribution >= 0.6 is 0 Å². The Hall–Kier alpha value is -2.95. The zero-order chi connectivity index (χ0) is 18.9. The molecule has 1 amide bonds. The molecule has 0 saturated heterocycles. The number of benzene rings is 2. The molecule has 138 valence electrons. The lowest BCUT2D eigenvalue weighted by Crippen LogP contribution is -2.29. The molecular weight excluding hydrogens is 330 g/mol. The largest absolute Gasteiger partial charge is 0.493 e. The smallest absolute Gasteiger partial charge is 0.246 e. The van der Waals surface area contributed by atoms with E-state index in [0.717, 1.165) is 11.3 Å². The summed E-state index contributed by atoms with van der Waals surface area (Å²) in [6, 6.07) is 13.3. The lowest BCUT2D eigenvalue weighted by Gasteiger charge is -2.15. The predicted octanol–water partition coefficient (Wildman–Crippen LogP) is 3.56. The molecule has 0 fully saturated rings. The summed E-state index contributed by atoms with van der Waals surface area (Å²) in [5.74, 6) is 1.99. The Morgan fingerprint density at radius 1 is 1.04 bits per heavy atom. The Kier molecular flexibility index (Phi) is 7.09. The number of likely N-dealkylation sites (N-methyl/N-ethyl adjacent to an activating group) is 1. The molecule has 0 aliphatic rings. The van der Waals surface area contributed by atoms with Crippen LogP contribution in [0.25, 0.3) is 6.08 Å². The molecule has 0 N–H and O–H groups in total. The molecular formula is C21H25NO4. The number of carbonyl (C=O) groups excluding carboxylic acids is 1. The molecule has 0 bridgehead atoms. The quantitative estimate of drug-likeness (QED) is 0.679. The highest BCUT2D eigenvalue weighted by molar-refractivity contribution is 5.91. The summed E-state index contributed by atoms with van der Waals surface area (Å²) in [6.07, 6.45) is 3.29. The van der Waals surface area contributed by atoms with Crippen LogP contribution in [0.5, 0.6) is 17.2 Å². The number of rotatable bonds is 8. The lowest BCUT2D eigenvalue weighted by molar-refractivity contribution is -0.125. The van der Waals surface area contributed by atoms with Gasteiger partial charge in [-0.05, 0) is 42.8 Å². The number of carbonyl (C=O) groups is 1. The predicted molar refractivity (Wildman–Crippen MR) is 103 cm³/mol. The van der Waals surface area contributed by atoms with Crippen LogP contribution in [0.4, 0.5) is 0 Å². The Labute approximate surface area is 154 Å². The second kappa shape index (κ2) is 9.51. The van der Waals surface area contributed by atoms with Crippen molar-refractivity contribution < 1.29 is 19.0 Å². The first-order valence-electron chi connectivity index (χ1n) is 8.38. The fraction of sp³-hybridized carbons (Fsp3) is 0.286. The molecule has 2 aromatic carbocycles. The third-order valence-corrected chi connectivity index (χ3v) is 3.92. The van der Waals surface area contributed by atoms with Crippen molar-refractivity contribution in [2.75, 3.05) is 34.4 Å². The van der Waals surface area contributed by atoms with Crippen molar-refractivity contribution in [1.29, 1.82) is 0 Å². The molecule has 5 heteroatoms. The van der Waals surface area contributed by atoms with Crippen LogP contribution in [0.1, 0.15) is 11.1 Å². The molecule has 0 unspecified atom stereocenters. The first kappa shape index (κ1) is 19.4. The average Bonchev–Trinajstić information content (AvgIpc) is 2.67. The summed E-state index contributed by atoms with van der Waals surface area (Å²) in [7, 11) is 4.92. The van der Waals surface area contributed by atoms with Gasteiger partial charge in [0.25, 0.3) is 0 Å². The van der Waals surface area contributed by atoms with E-state index in [1.54, 1.807) is 32.2 Å². The molecule has 5 nitrogen and oxygen atoms in total. The number of methoxy groups -OCH3 is 2. The first-order valence-corrected chi connectivity index (χ1v) is 8.38. The third-order valence-electron chi connectivity index (χ3n) is 3.92. The number of ether oxygens (including phenoxy) is 3. The standard InChI is InChI=1S/C21H25NO4/c1-16-5-9-18(10-6-16)26-14-13-22(2)21(23)12-8-17-7-11-19(24-3)20(15-17)25-4/h5-12,15H,13-14H2,1-4H3/b12-8+. The topological polar surface area (TPSA) is 48.0 Å². The van der Waals surface area contributed by atoms with Crippen molar-refractivity contribution in [2.24, 2.45) is 0 Å². The van der Waals surface area contributed by atoms with Gasteiger partial charge >= 0.3 is 0 Å². The van der Waals surface area contributed by atoms with Gasteiger partial charge < -0.3 is 19.1 Å². The maximum absolute atomic E-state index is 12.2. The normalized spacial score (nSPS) is 10.6. The van der Waals surface area contributed by atoms with Crippen molar-refractivity contribution in [3.8, 4) is 17.2 Å². The zero-order valence-corrected chi connectivity index (χ0v) is 15.7. The van der Waals surface area contributed by atoms with Crippen LogP contribution in [0.15, 0.2) is 48.5 Å². The summed E-state index contributed by atoms with van der Waals surface area (Å²) >= 11 is 0. The summed E-state index contributed by atoms with van der Waals surface area (Å²) in [5.41, 5.74) is 2.05. The van der Waals surface area contributed by atoms with Gasteiger partial charge in [-0.2, -0.15) is 0 Å². The molecule has 2 aromatic rings. The van der Waals surface area contributed by atoms with Gasteiger partial charge in [-0.1, -0.05) is 23.8 Å². The van der Waals surface area contributed by atoms with Crippen molar-refractivity contribution in [2.45, 2.75) is 6.92 Å². The summed E-state index contributed by atoms with van der Waals surface area (Å²) in [5, 5.41) is 0. The number of nitrogens with zero attached hydrogens (tertiary/aromatic N) is 1. The van der Waals surface area contributed by atoms with E-state index in [2.05, 4.69) is 0 Å². The maximum atomic E-state index is 12.2. The minimum absolute atomic E-state index is 0.0905. The van der Waals surface area contributed by atoms with E-state index in [1.165, 1.54) is 11.6 Å². The minimum Gasteiger partial charge on any atom is -0.493 e. The van der Waals surface area contributed by atoms with E-state index in [4.69, 9.17) is 14.2 Å². The SMILES string of the molecule is COc1ccc(/C=C/C(=O)N(C)CCOc2ccc(C)cc2)cc1OC. The molecule has 2 rings (SSSR count). The Bertz CT molecular complexity index is 753. The summed E-state index contributed by atoms with van der Waals surface area (Å²) in [4.78, 5) is 13.8. The van der Waals surface area contributed by atoms with Gasteiger partial charge in [0.2, 0.25) is 5.91 Å². The molecule has 26 heavy (non-hydrogen) atoms. The highest BCUT2D eigenvalue weighted by Crippen LogP contribution is 2.27. The van der Waals surface area contributed by atoms with E-state index in [1.807, 2.05) is 49.4 Å². The van der Waals surface area contributed by atoms with Gasteiger partial charge in [-0.25, -0.2) is 0 Å². The summed E-state index contributed by atoms with van der Waals surface area (Å²) in [6.45, 7) is 2.97. The van der Waals surface area contributed by atoms with Crippen molar-refractivity contribution in [3.05, 3.63) is 59.7 Å². The Balaban J connectivity index is 1.86. The number of hydrogen-bond donors (Lipinski definition) is 0. The highest BCUT2D eigenvalue weighted by atomic mass is 16.5. The first-order chi connectivity index (χ1) is 12.5. The third kappa shape index (κ3) is 5.55. The van der Waals surface area contributed by atoms with E-state index < -0.39 is 0 Å². The highest BCUT2D eigenvalue weighted by Gasteiger charge is 2.06. The zero-order valence-electron chi connectivity index (χ0n) is 15.7. The van der Waals surface area contributed by atoms with Crippen LogP contribution in [0.3, 0.4) is 0 Å². The van der Waals surface area contributed by atoms with E-state index in [-0.39, 0.29) is 5.91 Å². The van der Waals surface area contributed by atoms with Crippen LogP contribution in [0.2, 0.25) is 0 Å². The Morgan fingerprint density at radius 3 is 2.38 bits per heavy atom. The molecule has 0 radical (unpaired) electrons. The molecule has 0 spiro atoms. The van der Waals surface area contributed by atoms with Gasteiger partial charge in [0.05, 0.1) is 20.8 Å². The minimum atomic E-state index is -0.0905. The van der Waals surface area contributed by atoms with Crippen molar-refractivity contribution in [3.63, 3.8) is 0 Å². The molecule has 0 saturated carbocycles. The lowest BCUT2D eigenvalue weighted by atomic mass is 10.2. The van der Waals surface area contributed by atoms with Crippen LogP contribution in [0, 0.1) is 6.92 Å². The molecule has 0 aromatic heterocycles. The van der Waals surface area contributed by atoms with Gasteiger partial charge in [-0.3, -0.25) is 4.79 Å². The second-order valence-corrected chi connectivity index (χ2v) is 5.87. The van der Waals surface area contributed by atoms with E-state index in [0.29, 0.717) is 24.7 Å². The number of aryl methyl sites for hydroxylation is 1. The van der Waals surface area contributed by atoms with E-state index in [9.17, 15) is 4.79 Å². The monoisotopic (exact) mass is 355 g/mol. The van der Waals surface area contributed by atoms with Gasteiger partial charge in [0.15, 0.2) is 11.5 Å². The average molecular weight is 355 g/mol. The van der Waals surface area contributed by atoms with Crippen LogP contribution in [-0.4, -0.2) is 45.2 Å². The van der Waals surface area contributed by atoms with Gasteiger partial charge in [0, 0.05) is 13.1 Å². The van der Waals surface area contributed by atoms with Crippen molar-refractivity contribution in [1.82, 2.24) is 4.90 Å². The number of hydrogen-bond acceptors (Lipinski definition) is 4. The molecule has 0 aliphatic heterocycles. The fourth-order valence-corrected chi connectivity index (χ4v) is 2.30. The van der Waals surface area contributed by atoms with Crippen molar-refractivity contribution >= 4 is 12.0 Å². The number of amides is 1.